The van der Waals surface area contributed by atoms with Crippen LogP contribution in [0.1, 0.15) is 39.2 Å². The van der Waals surface area contributed by atoms with Crippen LogP contribution >= 0.6 is 0 Å². The quantitative estimate of drug-likeness (QED) is 0.321. The Kier molecular flexibility index (Phi) is 10.7. The number of nitrogens with one attached hydrogen (secondary N) is 1. The third-order valence-electron chi connectivity index (χ3n) is 6.62. The van der Waals surface area contributed by atoms with Crippen molar-refractivity contribution < 1.29 is 27.1 Å². The second-order valence-electron chi connectivity index (χ2n) is 9.41. The second kappa shape index (κ2) is 13.9. The zero-order valence-electron chi connectivity index (χ0n) is 23.2. The van der Waals surface area contributed by atoms with E-state index >= 15 is 0 Å². The predicted molar refractivity (Wildman–Crippen MR) is 153 cm³/mol. The number of halogens is 1. The van der Waals surface area contributed by atoms with Gasteiger partial charge in [-0.1, -0.05) is 44.2 Å². The number of carbonyl (C=O) groups excluding carboxylic acids is 2. The molecule has 3 rings (SSSR count). The van der Waals surface area contributed by atoms with Gasteiger partial charge in [0.2, 0.25) is 11.8 Å². The van der Waals surface area contributed by atoms with Gasteiger partial charge in [-0.25, -0.2) is 12.8 Å². The van der Waals surface area contributed by atoms with E-state index in [1.807, 2.05) is 44.2 Å². The number of rotatable bonds is 13. The maximum absolute atomic E-state index is 14.0. The molecule has 0 aliphatic heterocycles. The van der Waals surface area contributed by atoms with Crippen molar-refractivity contribution in [2.75, 3.05) is 18.0 Å². The van der Waals surface area contributed by atoms with Crippen molar-refractivity contribution in [1.29, 1.82) is 0 Å². The number of benzene rings is 3. The summed E-state index contributed by atoms with van der Waals surface area (Å²) in [6, 6.07) is 18.9. The van der Waals surface area contributed by atoms with Crippen LogP contribution < -0.4 is 14.4 Å². The summed E-state index contributed by atoms with van der Waals surface area (Å²) in [5.41, 5.74) is 0.902. The largest absolute Gasteiger partial charge is 0.497 e. The summed E-state index contributed by atoms with van der Waals surface area (Å²) in [4.78, 5) is 28.6. The normalized spacial score (nSPS) is 12.7. The van der Waals surface area contributed by atoms with Gasteiger partial charge in [0.1, 0.15) is 24.2 Å². The molecular formula is C30H36FN3O5S. The van der Waals surface area contributed by atoms with Gasteiger partial charge in [-0.3, -0.25) is 13.9 Å². The van der Waals surface area contributed by atoms with Gasteiger partial charge >= 0.3 is 0 Å². The molecule has 0 aromatic heterocycles. The lowest BCUT2D eigenvalue weighted by Crippen LogP contribution is -2.53. The zero-order chi connectivity index (χ0) is 29.3. The molecule has 40 heavy (non-hydrogen) atoms. The SMILES string of the molecule is CCC(C)NC(=O)C(CC)N(Cc1ccccc1)C(=O)CN(c1ccc(F)cc1)S(=O)(=O)c1ccc(OC)cc1. The first-order chi connectivity index (χ1) is 19.1. The number of nitrogens with zero attached hydrogens (tertiary/aromatic N) is 2. The average Bonchev–Trinajstić information content (AvgIpc) is 2.96. The summed E-state index contributed by atoms with van der Waals surface area (Å²) in [6.45, 7) is 5.14. The molecule has 3 aromatic rings. The fourth-order valence-electron chi connectivity index (χ4n) is 4.15. The highest BCUT2D eigenvalue weighted by molar-refractivity contribution is 7.92. The lowest BCUT2D eigenvalue weighted by molar-refractivity contribution is -0.140. The molecule has 0 fully saturated rings. The molecule has 0 saturated heterocycles. The van der Waals surface area contributed by atoms with Gasteiger partial charge in [-0.2, -0.15) is 0 Å². The molecule has 10 heteroatoms. The first-order valence-electron chi connectivity index (χ1n) is 13.2. The van der Waals surface area contributed by atoms with Crippen LogP contribution in [0.2, 0.25) is 0 Å². The Morgan fingerprint density at radius 2 is 1.55 bits per heavy atom. The van der Waals surface area contributed by atoms with Crippen LogP contribution in [0.3, 0.4) is 0 Å². The predicted octanol–water partition coefficient (Wildman–Crippen LogP) is 4.75. The fourth-order valence-corrected chi connectivity index (χ4v) is 5.57. The fraction of sp³-hybridized carbons (Fsp3) is 0.333. The molecule has 0 spiro atoms. The molecular weight excluding hydrogens is 533 g/mol. The van der Waals surface area contributed by atoms with Crippen molar-refractivity contribution >= 4 is 27.5 Å². The highest BCUT2D eigenvalue weighted by Crippen LogP contribution is 2.26. The molecule has 0 saturated carbocycles. The van der Waals surface area contributed by atoms with Crippen molar-refractivity contribution in [3.8, 4) is 5.75 Å². The summed E-state index contributed by atoms with van der Waals surface area (Å²) < 4.78 is 47.5. The summed E-state index contributed by atoms with van der Waals surface area (Å²) >= 11 is 0. The smallest absolute Gasteiger partial charge is 0.264 e. The maximum Gasteiger partial charge on any atom is 0.264 e. The van der Waals surface area contributed by atoms with Crippen LogP contribution in [0.15, 0.2) is 83.8 Å². The van der Waals surface area contributed by atoms with E-state index < -0.39 is 34.3 Å². The van der Waals surface area contributed by atoms with Gasteiger partial charge in [-0.05, 0) is 73.9 Å². The summed E-state index contributed by atoms with van der Waals surface area (Å²) in [5.74, 6) is -0.963. The molecule has 0 radical (unpaired) electrons. The van der Waals surface area contributed by atoms with E-state index in [1.54, 1.807) is 6.92 Å². The Morgan fingerprint density at radius 1 is 0.925 bits per heavy atom. The Morgan fingerprint density at radius 3 is 2.10 bits per heavy atom. The average molecular weight is 570 g/mol. The van der Waals surface area contributed by atoms with Crippen molar-refractivity contribution in [2.45, 2.75) is 57.1 Å². The van der Waals surface area contributed by atoms with Crippen LogP contribution in [0, 0.1) is 5.82 Å². The lowest BCUT2D eigenvalue weighted by Gasteiger charge is -2.33. The van der Waals surface area contributed by atoms with Crippen LogP contribution in [0.5, 0.6) is 5.75 Å². The minimum atomic E-state index is -4.26. The van der Waals surface area contributed by atoms with Gasteiger partial charge < -0.3 is 15.0 Å². The summed E-state index contributed by atoms with van der Waals surface area (Å²) in [7, 11) is -2.79. The standard InChI is InChI=1S/C30H36FN3O5S/c1-5-22(3)32-30(36)28(6-2)33(20-23-10-8-7-9-11-23)29(35)21-34(25-14-12-24(31)13-15-25)40(37,38)27-18-16-26(39-4)17-19-27/h7-19,22,28H,5-6,20-21H2,1-4H3,(H,32,36). The number of carbonyl (C=O) groups is 2. The van der Waals surface area contributed by atoms with E-state index in [4.69, 9.17) is 4.74 Å². The topological polar surface area (TPSA) is 96.0 Å². The van der Waals surface area contributed by atoms with Crippen molar-refractivity contribution in [2.24, 2.45) is 0 Å². The van der Waals surface area contributed by atoms with Gasteiger partial charge in [0, 0.05) is 12.6 Å². The Bertz CT molecular complexity index is 1370. The van der Waals surface area contributed by atoms with Gasteiger partial charge in [0.15, 0.2) is 0 Å². The van der Waals surface area contributed by atoms with E-state index in [1.165, 1.54) is 48.4 Å². The van der Waals surface area contributed by atoms with E-state index in [-0.39, 0.29) is 29.1 Å². The van der Waals surface area contributed by atoms with Crippen LogP contribution in [-0.4, -0.2) is 50.9 Å². The molecule has 0 bridgehead atoms. The van der Waals surface area contributed by atoms with E-state index in [9.17, 15) is 22.4 Å². The molecule has 2 atom stereocenters. The number of anilines is 1. The first kappa shape index (κ1) is 30.6. The minimum absolute atomic E-state index is 0.0680. The van der Waals surface area contributed by atoms with Crippen LogP contribution in [-0.2, 0) is 26.2 Å². The van der Waals surface area contributed by atoms with Crippen LogP contribution in [0.25, 0.3) is 0 Å². The van der Waals surface area contributed by atoms with Crippen molar-refractivity contribution in [1.82, 2.24) is 10.2 Å². The van der Waals surface area contributed by atoms with Crippen LogP contribution in [0.4, 0.5) is 10.1 Å². The molecule has 0 aliphatic rings. The number of ether oxygens (including phenoxy) is 1. The lowest BCUT2D eigenvalue weighted by atomic mass is 10.1. The first-order valence-corrected chi connectivity index (χ1v) is 14.6. The third kappa shape index (κ3) is 7.59. The van der Waals surface area contributed by atoms with Gasteiger partial charge in [0.05, 0.1) is 17.7 Å². The highest BCUT2D eigenvalue weighted by Gasteiger charge is 2.34. The molecule has 3 aromatic carbocycles. The Hall–Kier alpha value is -3.92. The molecule has 8 nitrogen and oxygen atoms in total. The molecule has 1 N–H and O–H groups in total. The van der Waals surface area contributed by atoms with Crippen molar-refractivity contribution in [3.63, 3.8) is 0 Å². The molecule has 2 amide bonds. The second-order valence-corrected chi connectivity index (χ2v) is 11.3. The van der Waals surface area contributed by atoms with E-state index in [0.717, 1.165) is 22.0 Å². The highest BCUT2D eigenvalue weighted by atomic mass is 32.2. The summed E-state index contributed by atoms with van der Waals surface area (Å²) in [5, 5.41) is 2.94. The number of hydrogen-bond acceptors (Lipinski definition) is 5. The van der Waals surface area contributed by atoms with Crippen molar-refractivity contribution in [3.05, 3.63) is 90.2 Å². The Labute approximate surface area is 235 Å². The van der Waals surface area contributed by atoms with E-state index in [2.05, 4.69) is 5.32 Å². The molecule has 0 heterocycles. The monoisotopic (exact) mass is 569 g/mol. The minimum Gasteiger partial charge on any atom is -0.497 e. The molecule has 0 aliphatic carbocycles. The summed E-state index contributed by atoms with van der Waals surface area (Å²) in [6.07, 6.45) is 1.04. The Balaban J connectivity index is 2.04. The number of methoxy groups -OCH3 is 1. The number of hydrogen-bond donors (Lipinski definition) is 1. The number of amides is 2. The van der Waals surface area contributed by atoms with Gasteiger partial charge in [-0.15, -0.1) is 0 Å². The third-order valence-corrected chi connectivity index (χ3v) is 8.41. The van der Waals surface area contributed by atoms with E-state index in [0.29, 0.717) is 18.6 Å². The maximum atomic E-state index is 14.0. The molecule has 214 valence electrons. The zero-order valence-corrected chi connectivity index (χ0v) is 24.0. The van der Waals surface area contributed by atoms with Gasteiger partial charge in [0.25, 0.3) is 10.0 Å². The number of sulfonamides is 1. The molecule has 2 unspecified atom stereocenters.